The van der Waals surface area contributed by atoms with Gasteiger partial charge in [0, 0.05) is 30.1 Å². The highest BCUT2D eigenvalue weighted by Crippen LogP contribution is 2.39. The van der Waals surface area contributed by atoms with E-state index in [1.807, 2.05) is 19.3 Å². The quantitative estimate of drug-likeness (QED) is 0.884. The Morgan fingerprint density at radius 1 is 1.30 bits per heavy atom. The van der Waals surface area contributed by atoms with E-state index in [4.69, 9.17) is 0 Å². The Kier molecular flexibility index (Phi) is 3.56. The minimum Gasteiger partial charge on any atom is -0.373 e. The highest BCUT2D eigenvalue weighted by molar-refractivity contribution is 7.11. The van der Waals surface area contributed by atoms with Crippen molar-refractivity contribution in [3.63, 3.8) is 0 Å². The van der Waals surface area contributed by atoms with Crippen LogP contribution < -0.4 is 10.6 Å². The topological polar surface area (TPSA) is 62.7 Å². The summed E-state index contributed by atoms with van der Waals surface area (Å²) in [5.41, 5.74) is 0. The number of aromatic nitrogens is 3. The molecule has 0 amide bonds. The molecule has 20 heavy (non-hydrogen) atoms. The van der Waals surface area contributed by atoms with Gasteiger partial charge < -0.3 is 10.6 Å². The van der Waals surface area contributed by atoms with E-state index in [1.165, 1.54) is 17.7 Å². The second kappa shape index (κ2) is 5.36. The fraction of sp³-hybridized carbons (Fsp3) is 0.500. The Morgan fingerprint density at radius 2 is 2.05 bits per heavy atom. The monoisotopic (exact) mass is 289 g/mol. The van der Waals surface area contributed by atoms with Gasteiger partial charge in [-0.25, -0.2) is 15.0 Å². The van der Waals surface area contributed by atoms with E-state index in [-0.39, 0.29) is 6.04 Å². The molecule has 2 N–H and O–H groups in total. The fourth-order valence-electron chi connectivity index (χ4n) is 2.05. The zero-order valence-electron chi connectivity index (χ0n) is 12.0. The van der Waals surface area contributed by atoms with Crippen LogP contribution in [-0.2, 0) is 0 Å². The average Bonchev–Trinajstić information content (AvgIpc) is 3.20. The van der Waals surface area contributed by atoms with E-state index in [0.717, 1.165) is 22.5 Å². The van der Waals surface area contributed by atoms with Gasteiger partial charge in [0.2, 0.25) is 0 Å². The largest absolute Gasteiger partial charge is 0.373 e. The van der Waals surface area contributed by atoms with Crippen molar-refractivity contribution in [3.8, 4) is 0 Å². The van der Waals surface area contributed by atoms with E-state index in [1.54, 1.807) is 11.3 Å². The maximum absolute atomic E-state index is 4.63. The molecule has 1 unspecified atom stereocenters. The first-order valence-electron chi connectivity index (χ1n) is 6.91. The molecule has 1 saturated carbocycles. The number of aryl methyl sites for hydroxylation is 1. The van der Waals surface area contributed by atoms with Gasteiger partial charge in [-0.3, -0.25) is 0 Å². The number of nitrogens with zero attached hydrogens (tertiary/aromatic N) is 3. The first kappa shape index (κ1) is 13.3. The van der Waals surface area contributed by atoms with Crippen LogP contribution in [0, 0.1) is 6.92 Å². The number of hydrogen-bond acceptors (Lipinski definition) is 6. The fourth-order valence-corrected chi connectivity index (χ4v) is 2.82. The molecular formula is C14H19N5S. The summed E-state index contributed by atoms with van der Waals surface area (Å²) in [4.78, 5) is 14.8. The first-order valence-corrected chi connectivity index (χ1v) is 7.73. The van der Waals surface area contributed by atoms with Crippen LogP contribution in [0.2, 0.25) is 0 Å². The van der Waals surface area contributed by atoms with Crippen LogP contribution >= 0.6 is 11.3 Å². The summed E-state index contributed by atoms with van der Waals surface area (Å²) >= 11 is 1.72. The summed E-state index contributed by atoms with van der Waals surface area (Å²) in [6.07, 6.45) is 4.31. The van der Waals surface area contributed by atoms with Crippen molar-refractivity contribution < 1.29 is 0 Å². The summed E-state index contributed by atoms with van der Waals surface area (Å²) in [7, 11) is 1.89. The Morgan fingerprint density at radius 3 is 2.65 bits per heavy atom. The normalized spacial score (nSPS) is 15.9. The molecule has 0 bridgehead atoms. The third-order valence-corrected chi connectivity index (χ3v) is 4.41. The lowest BCUT2D eigenvalue weighted by atomic mass is 10.3. The first-order chi connectivity index (χ1) is 9.65. The molecule has 2 heterocycles. The molecule has 3 rings (SSSR count). The summed E-state index contributed by atoms with van der Waals surface area (Å²) in [6, 6.07) is 2.10. The zero-order valence-corrected chi connectivity index (χ0v) is 12.8. The maximum atomic E-state index is 4.63. The SMILES string of the molecule is CNc1cc(NC(C)c2ncc(C)s2)nc(C2CC2)n1. The Bertz CT molecular complexity index is 605. The Labute approximate surface area is 122 Å². The molecule has 0 radical (unpaired) electrons. The lowest BCUT2D eigenvalue weighted by Crippen LogP contribution is -2.10. The van der Waals surface area contributed by atoms with Gasteiger partial charge in [-0.2, -0.15) is 0 Å². The lowest BCUT2D eigenvalue weighted by Gasteiger charge is -2.14. The van der Waals surface area contributed by atoms with Gasteiger partial charge in [-0.1, -0.05) is 0 Å². The van der Waals surface area contributed by atoms with Crippen LogP contribution in [0.4, 0.5) is 11.6 Å². The van der Waals surface area contributed by atoms with E-state index >= 15 is 0 Å². The molecule has 0 spiro atoms. The third kappa shape index (κ3) is 2.90. The van der Waals surface area contributed by atoms with Crippen LogP contribution in [0.5, 0.6) is 0 Å². The average molecular weight is 289 g/mol. The minimum atomic E-state index is 0.153. The lowest BCUT2D eigenvalue weighted by molar-refractivity contribution is 0.845. The van der Waals surface area contributed by atoms with Crippen molar-refractivity contribution in [2.45, 2.75) is 38.6 Å². The predicted octanol–water partition coefficient (Wildman–Crippen LogP) is 3.33. The molecule has 106 valence electrons. The molecule has 6 heteroatoms. The Balaban J connectivity index is 1.80. The smallest absolute Gasteiger partial charge is 0.136 e. The molecule has 2 aromatic heterocycles. The van der Waals surface area contributed by atoms with Gasteiger partial charge in [-0.15, -0.1) is 11.3 Å². The van der Waals surface area contributed by atoms with Crippen molar-refractivity contribution in [1.82, 2.24) is 15.0 Å². The van der Waals surface area contributed by atoms with Crippen LogP contribution in [0.15, 0.2) is 12.3 Å². The number of hydrogen-bond donors (Lipinski definition) is 2. The molecular weight excluding hydrogens is 270 g/mol. The van der Waals surface area contributed by atoms with Crippen molar-refractivity contribution in [1.29, 1.82) is 0 Å². The third-order valence-electron chi connectivity index (χ3n) is 3.32. The Hall–Kier alpha value is -1.69. The molecule has 1 atom stereocenters. The number of thiazole rings is 1. The molecule has 5 nitrogen and oxygen atoms in total. The van der Waals surface area contributed by atoms with Crippen molar-refractivity contribution in [3.05, 3.63) is 28.0 Å². The number of rotatable bonds is 5. The van der Waals surface area contributed by atoms with Gasteiger partial charge in [-0.05, 0) is 26.7 Å². The maximum Gasteiger partial charge on any atom is 0.136 e. The zero-order chi connectivity index (χ0) is 14.1. The molecule has 1 aliphatic carbocycles. The van der Waals surface area contributed by atoms with Gasteiger partial charge in [0.15, 0.2) is 0 Å². The highest BCUT2D eigenvalue weighted by Gasteiger charge is 2.27. The minimum absolute atomic E-state index is 0.153. The van der Waals surface area contributed by atoms with E-state index < -0.39 is 0 Å². The molecule has 1 fully saturated rings. The summed E-state index contributed by atoms with van der Waals surface area (Å²) in [5, 5.41) is 7.61. The van der Waals surface area contributed by atoms with Crippen LogP contribution in [-0.4, -0.2) is 22.0 Å². The van der Waals surface area contributed by atoms with Gasteiger partial charge in [0.05, 0.1) is 6.04 Å². The van der Waals surface area contributed by atoms with Gasteiger partial charge >= 0.3 is 0 Å². The van der Waals surface area contributed by atoms with Crippen molar-refractivity contribution in [2.24, 2.45) is 0 Å². The van der Waals surface area contributed by atoms with Crippen molar-refractivity contribution >= 4 is 23.0 Å². The second-order valence-electron chi connectivity index (χ2n) is 5.20. The standard InChI is InChI=1S/C14H19N5S/c1-8-7-16-14(20-8)9(2)17-12-6-11(15-3)18-13(19-12)10-4-5-10/h6-7,9-10H,4-5H2,1-3H3,(H2,15,17,18,19). The van der Waals surface area contributed by atoms with E-state index in [9.17, 15) is 0 Å². The van der Waals surface area contributed by atoms with Gasteiger partial charge in [0.25, 0.3) is 0 Å². The van der Waals surface area contributed by atoms with Crippen LogP contribution in [0.1, 0.15) is 47.4 Å². The van der Waals surface area contributed by atoms with Gasteiger partial charge in [0.1, 0.15) is 22.5 Å². The van der Waals surface area contributed by atoms with Crippen molar-refractivity contribution in [2.75, 3.05) is 17.7 Å². The predicted molar refractivity (Wildman–Crippen MR) is 82.4 cm³/mol. The van der Waals surface area contributed by atoms with E-state index in [2.05, 4.69) is 39.4 Å². The molecule has 0 aliphatic heterocycles. The summed E-state index contributed by atoms with van der Waals surface area (Å²) < 4.78 is 0. The second-order valence-corrected chi connectivity index (χ2v) is 6.46. The highest BCUT2D eigenvalue weighted by atomic mass is 32.1. The van der Waals surface area contributed by atoms with Crippen LogP contribution in [0.25, 0.3) is 0 Å². The summed E-state index contributed by atoms with van der Waals surface area (Å²) in [5.74, 6) is 3.22. The number of nitrogens with one attached hydrogen (secondary N) is 2. The molecule has 0 saturated heterocycles. The molecule has 2 aromatic rings. The van der Waals surface area contributed by atoms with E-state index in [0.29, 0.717) is 5.92 Å². The van der Waals surface area contributed by atoms with Crippen LogP contribution in [0.3, 0.4) is 0 Å². The summed E-state index contributed by atoms with van der Waals surface area (Å²) in [6.45, 7) is 4.18. The molecule has 0 aromatic carbocycles. The molecule has 1 aliphatic rings. The number of anilines is 2.